The van der Waals surface area contributed by atoms with E-state index in [0.29, 0.717) is 11.5 Å². The number of halogens is 2. The molecule has 0 atom stereocenters. The molecule has 2 aliphatic rings. The van der Waals surface area contributed by atoms with E-state index in [1.165, 1.54) is 76.5 Å². The van der Waals surface area contributed by atoms with Crippen LogP contribution in [0.5, 0.6) is 5.75 Å². The molecule has 0 amide bonds. The molecule has 1 aliphatic heterocycles. The lowest BCUT2D eigenvalue weighted by molar-refractivity contribution is 0.280. The molecule has 0 aromatic heterocycles. The van der Waals surface area contributed by atoms with Crippen LogP contribution in [0.15, 0.2) is 36.4 Å². The van der Waals surface area contributed by atoms with Crippen LogP contribution in [0.4, 0.5) is 8.78 Å². The number of methoxy groups -OCH3 is 1. The first kappa shape index (κ1) is 24.4. The van der Waals surface area contributed by atoms with Gasteiger partial charge in [0.2, 0.25) is 5.82 Å². The third-order valence-corrected chi connectivity index (χ3v) is 12.1. The zero-order valence-corrected chi connectivity index (χ0v) is 21.6. The lowest BCUT2D eigenvalue weighted by atomic mass is 9.76. The van der Waals surface area contributed by atoms with Gasteiger partial charge in [-0.05, 0) is 66.7 Å². The van der Waals surface area contributed by atoms with Crippen LogP contribution in [-0.4, -0.2) is 15.9 Å². The Morgan fingerprint density at radius 2 is 1.45 bits per heavy atom. The summed E-state index contributed by atoms with van der Waals surface area (Å²) in [5.41, 5.74) is 2.34. The Kier molecular flexibility index (Phi) is 8.62. The molecule has 0 bridgehead atoms. The van der Waals surface area contributed by atoms with E-state index in [1.54, 1.807) is 24.2 Å². The number of rotatable bonds is 8. The summed E-state index contributed by atoms with van der Waals surface area (Å²) in [6.07, 6.45) is 12.5. The highest BCUT2D eigenvalue weighted by Crippen LogP contribution is 2.40. The van der Waals surface area contributed by atoms with Crippen LogP contribution in [-0.2, 0) is 0 Å². The van der Waals surface area contributed by atoms with Crippen molar-refractivity contribution in [2.24, 2.45) is 11.8 Å². The number of hydrogen-bond donors (Lipinski definition) is 0. The average Bonchev–Trinajstić information content (AvgIpc) is 2.86. The Hall–Kier alpha value is -1.68. The Morgan fingerprint density at radius 1 is 0.818 bits per heavy atom. The summed E-state index contributed by atoms with van der Waals surface area (Å²) in [4.78, 5) is 0. The summed E-state index contributed by atoms with van der Waals surface area (Å²) < 4.78 is 33.4. The van der Waals surface area contributed by atoms with E-state index >= 15 is 0 Å². The van der Waals surface area contributed by atoms with Gasteiger partial charge in [-0.3, -0.25) is 0 Å². The Balaban J connectivity index is 1.25. The van der Waals surface area contributed by atoms with Crippen molar-refractivity contribution in [3.05, 3.63) is 53.6 Å². The fraction of sp³-hybridized carbons (Fsp3) is 0.586. The molecule has 4 heteroatoms. The lowest BCUT2D eigenvalue weighted by Gasteiger charge is -2.32. The SMILES string of the molecule is CCC[Si@H]1CC[C@H](CCC2CCC(c3ccc(-c4ccc(OC)c(F)c4F)cc3)CC2)CC1. The predicted molar refractivity (Wildman–Crippen MR) is 137 cm³/mol. The molecule has 0 spiro atoms. The molecule has 1 heterocycles. The van der Waals surface area contributed by atoms with Gasteiger partial charge in [0.1, 0.15) is 0 Å². The van der Waals surface area contributed by atoms with Crippen molar-refractivity contribution in [1.82, 2.24) is 0 Å². The summed E-state index contributed by atoms with van der Waals surface area (Å²) in [5.74, 6) is 0.692. The first-order valence-electron chi connectivity index (χ1n) is 13.2. The van der Waals surface area contributed by atoms with Crippen molar-refractivity contribution in [2.75, 3.05) is 7.11 Å². The Morgan fingerprint density at radius 3 is 2.06 bits per heavy atom. The molecule has 2 fully saturated rings. The molecule has 1 saturated heterocycles. The second-order valence-corrected chi connectivity index (χ2v) is 14.0. The molecular formula is C29H40F2OSi. The van der Waals surface area contributed by atoms with E-state index in [4.69, 9.17) is 4.74 Å². The average molecular weight is 471 g/mol. The van der Waals surface area contributed by atoms with E-state index in [-0.39, 0.29) is 20.1 Å². The van der Waals surface area contributed by atoms with E-state index in [9.17, 15) is 8.78 Å². The zero-order chi connectivity index (χ0) is 23.2. The first-order chi connectivity index (χ1) is 16.1. The van der Waals surface area contributed by atoms with E-state index in [1.807, 2.05) is 12.1 Å². The van der Waals surface area contributed by atoms with Crippen LogP contribution >= 0.6 is 0 Å². The molecule has 0 N–H and O–H groups in total. The lowest BCUT2D eigenvalue weighted by Crippen LogP contribution is -2.22. The molecule has 2 aromatic rings. The maximum absolute atomic E-state index is 14.4. The van der Waals surface area contributed by atoms with Gasteiger partial charge in [-0.15, -0.1) is 0 Å². The highest BCUT2D eigenvalue weighted by atomic mass is 28.3. The highest BCUT2D eigenvalue weighted by molar-refractivity contribution is 6.58. The van der Waals surface area contributed by atoms with Crippen molar-refractivity contribution < 1.29 is 13.5 Å². The van der Waals surface area contributed by atoms with Crippen molar-refractivity contribution in [3.63, 3.8) is 0 Å². The monoisotopic (exact) mass is 470 g/mol. The van der Waals surface area contributed by atoms with Crippen molar-refractivity contribution >= 4 is 8.80 Å². The maximum Gasteiger partial charge on any atom is 0.201 e. The molecule has 0 radical (unpaired) electrons. The molecule has 0 unspecified atom stereocenters. The molecule has 180 valence electrons. The maximum atomic E-state index is 14.4. The highest BCUT2D eigenvalue weighted by Gasteiger charge is 2.25. The predicted octanol–water partition coefficient (Wildman–Crippen LogP) is 8.74. The summed E-state index contributed by atoms with van der Waals surface area (Å²) in [7, 11) is 1.00. The number of ether oxygens (including phenoxy) is 1. The van der Waals surface area contributed by atoms with Gasteiger partial charge in [0.05, 0.1) is 7.11 Å². The normalized spacial score (nSPS) is 25.7. The Labute approximate surface area is 200 Å². The van der Waals surface area contributed by atoms with Crippen molar-refractivity contribution in [3.8, 4) is 16.9 Å². The van der Waals surface area contributed by atoms with Gasteiger partial charge in [-0.1, -0.05) is 81.4 Å². The van der Waals surface area contributed by atoms with Crippen LogP contribution in [0, 0.1) is 23.5 Å². The topological polar surface area (TPSA) is 9.23 Å². The standard InChI is InChI=1S/C29H40F2OSi/c1-3-18-33-19-16-22(17-20-33)5-4-21-6-8-23(9-7-21)24-10-12-25(13-11-24)26-14-15-27(32-2)29(31)28(26)30/h10-15,21-23,33H,3-9,16-20H2,1-2H3/t21?,22-,23?,33-. The van der Waals surface area contributed by atoms with E-state index in [0.717, 1.165) is 11.8 Å². The van der Waals surface area contributed by atoms with Gasteiger partial charge in [0, 0.05) is 14.4 Å². The largest absolute Gasteiger partial charge is 0.494 e. The van der Waals surface area contributed by atoms with Crippen LogP contribution < -0.4 is 4.74 Å². The fourth-order valence-electron chi connectivity index (χ4n) is 6.32. The van der Waals surface area contributed by atoms with Crippen LogP contribution in [0.1, 0.15) is 76.2 Å². The zero-order valence-electron chi connectivity index (χ0n) is 20.4. The van der Waals surface area contributed by atoms with Crippen LogP contribution in [0.3, 0.4) is 0 Å². The van der Waals surface area contributed by atoms with Crippen LogP contribution in [0.25, 0.3) is 11.1 Å². The van der Waals surface area contributed by atoms with Gasteiger partial charge < -0.3 is 4.74 Å². The third-order valence-electron chi connectivity index (χ3n) is 8.45. The number of hydrogen-bond acceptors (Lipinski definition) is 1. The van der Waals surface area contributed by atoms with Crippen LogP contribution in [0.2, 0.25) is 18.1 Å². The Bertz CT molecular complexity index is 881. The molecule has 2 aromatic carbocycles. The molecular weight excluding hydrogens is 430 g/mol. The van der Waals surface area contributed by atoms with E-state index in [2.05, 4.69) is 19.1 Å². The molecule has 1 aliphatic carbocycles. The molecule has 33 heavy (non-hydrogen) atoms. The summed E-state index contributed by atoms with van der Waals surface area (Å²) in [5, 5.41) is 0. The van der Waals surface area contributed by atoms with Crippen molar-refractivity contribution in [2.45, 2.75) is 88.8 Å². The summed E-state index contributed by atoms with van der Waals surface area (Å²) in [6.45, 7) is 2.35. The second kappa shape index (κ2) is 11.6. The quantitative estimate of drug-likeness (QED) is 0.350. The van der Waals surface area contributed by atoms with Crippen molar-refractivity contribution in [1.29, 1.82) is 0 Å². The second-order valence-electron chi connectivity index (χ2n) is 10.5. The fourth-order valence-corrected chi connectivity index (χ4v) is 9.89. The number of benzene rings is 2. The minimum Gasteiger partial charge on any atom is -0.494 e. The summed E-state index contributed by atoms with van der Waals surface area (Å²) in [6, 6.07) is 16.0. The van der Waals surface area contributed by atoms with Gasteiger partial charge in [-0.25, -0.2) is 4.39 Å². The molecule has 1 nitrogen and oxygen atoms in total. The van der Waals surface area contributed by atoms with Gasteiger partial charge in [0.15, 0.2) is 11.6 Å². The van der Waals surface area contributed by atoms with E-state index < -0.39 is 11.6 Å². The summed E-state index contributed by atoms with van der Waals surface area (Å²) >= 11 is 0. The third kappa shape index (κ3) is 6.06. The van der Waals surface area contributed by atoms with Gasteiger partial charge in [0.25, 0.3) is 0 Å². The minimum atomic E-state index is -0.923. The van der Waals surface area contributed by atoms with Gasteiger partial charge >= 0.3 is 0 Å². The first-order valence-corrected chi connectivity index (χ1v) is 15.7. The minimum absolute atomic E-state index is 0.0596. The van der Waals surface area contributed by atoms with Gasteiger partial charge in [-0.2, -0.15) is 4.39 Å². The molecule has 1 saturated carbocycles. The molecule has 4 rings (SSSR count). The smallest absolute Gasteiger partial charge is 0.201 e.